The lowest BCUT2D eigenvalue weighted by atomic mass is 9.73. The van der Waals surface area contributed by atoms with E-state index in [0.717, 1.165) is 31.9 Å². The van der Waals surface area contributed by atoms with Crippen molar-refractivity contribution in [3.63, 3.8) is 0 Å². The fraction of sp³-hybridized carbons (Fsp3) is 0.800. The molecule has 4 rings (SSSR count). The predicted molar refractivity (Wildman–Crippen MR) is 102 cm³/mol. The molecule has 2 fully saturated rings. The Morgan fingerprint density at radius 3 is 2.84 bits per heavy atom. The van der Waals surface area contributed by atoms with Gasteiger partial charge in [-0.3, -0.25) is 4.99 Å². The summed E-state index contributed by atoms with van der Waals surface area (Å²) in [5.74, 6) is 2.37. The van der Waals surface area contributed by atoms with E-state index in [1.807, 2.05) is 7.05 Å². The minimum absolute atomic E-state index is 0.582. The zero-order valence-corrected chi connectivity index (χ0v) is 15.8. The van der Waals surface area contributed by atoms with Gasteiger partial charge in [-0.25, -0.2) is 4.98 Å². The first-order valence-electron chi connectivity index (χ1n) is 10.3. The van der Waals surface area contributed by atoms with Crippen molar-refractivity contribution in [3.8, 4) is 0 Å². The van der Waals surface area contributed by atoms with Crippen LogP contribution in [-0.4, -0.2) is 47.1 Å². The third kappa shape index (κ3) is 3.70. The number of guanidine groups is 1. The Morgan fingerprint density at radius 2 is 2.04 bits per heavy atom. The standard InChI is InChI=1S/C20H33N5/c1-21-19(25-14-11-20(16-25)9-4-2-5-10-20)22-12-8-17-15-24-13-6-3-7-18(24)23-17/h15H,2-14,16H2,1H3,(H,21,22). The lowest BCUT2D eigenvalue weighted by Crippen LogP contribution is -2.42. The number of likely N-dealkylation sites (tertiary alicyclic amines) is 1. The molecule has 1 spiro atoms. The van der Waals surface area contributed by atoms with Crippen molar-refractivity contribution >= 4 is 5.96 Å². The van der Waals surface area contributed by atoms with Crippen molar-refractivity contribution in [1.29, 1.82) is 0 Å². The molecule has 3 heterocycles. The molecule has 0 radical (unpaired) electrons. The molecule has 5 heteroatoms. The number of imidazole rings is 1. The first-order valence-corrected chi connectivity index (χ1v) is 10.3. The van der Waals surface area contributed by atoms with Crippen molar-refractivity contribution < 1.29 is 0 Å². The van der Waals surface area contributed by atoms with Crippen LogP contribution in [0, 0.1) is 5.41 Å². The molecule has 5 nitrogen and oxygen atoms in total. The van der Waals surface area contributed by atoms with Gasteiger partial charge in [0.05, 0.1) is 5.69 Å². The van der Waals surface area contributed by atoms with Gasteiger partial charge in [0.15, 0.2) is 5.96 Å². The van der Waals surface area contributed by atoms with Gasteiger partial charge in [0.25, 0.3) is 0 Å². The highest BCUT2D eigenvalue weighted by atomic mass is 15.3. The molecule has 0 amide bonds. The van der Waals surface area contributed by atoms with Gasteiger partial charge in [0.2, 0.25) is 0 Å². The number of rotatable bonds is 3. The summed E-state index contributed by atoms with van der Waals surface area (Å²) >= 11 is 0. The second kappa shape index (κ2) is 7.38. The Morgan fingerprint density at radius 1 is 1.16 bits per heavy atom. The molecule has 3 aliphatic rings. The molecule has 1 aromatic rings. The molecule has 1 saturated heterocycles. The van der Waals surface area contributed by atoms with Gasteiger partial charge < -0.3 is 14.8 Å². The van der Waals surface area contributed by atoms with Gasteiger partial charge >= 0.3 is 0 Å². The molecule has 25 heavy (non-hydrogen) atoms. The van der Waals surface area contributed by atoms with E-state index in [-0.39, 0.29) is 0 Å². The highest BCUT2D eigenvalue weighted by Crippen LogP contribution is 2.43. The minimum Gasteiger partial charge on any atom is -0.356 e. The third-order valence-electron chi connectivity index (χ3n) is 6.49. The van der Waals surface area contributed by atoms with Gasteiger partial charge in [-0.15, -0.1) is 0 Å². The summed E-state index contributed by atoms with van der Waals surface area (Å²) in [5.41, 5.74) is 1.81. The Hall–Kier alpha value is -1.52. The number of hydrogen-bond acceptors (Lipinski definition) is 2. The van der Waals surface area contributed by atoms with Crippen LogP contribution in [0.1, 0.15) is 62.9 Å². The average Bonchev–Trinajstić information content (AvgIpc) is 3.23. The van der Waals surface area contributed by atoms with Crippen LogP contribution in [0.25, 0.3) is 0 Å². The fourth-order valence-electron chi connectivity index (χ4n) is 5.05. The summed E-state index contributed by atoms with van der Waals surface area (Å²) < 4.78 is 2.35. The Balaban J connectivity index is 1.29. The van der Waals surface area contributed by atoms with Crippen molar-refractivity contribution in [2.24, 2.45) is 10.4 Å². The van der Waals surface area contributed by atoms with Gasteiger partial charge in [-0.05, 0) is 37.5 Å². The number of hydrogen-bond donors (Lipinski definition) is 1. The van der Waals surface area contributed by atoms with Crippen LogP contribution in [0.2, 0.25) is 0 Å². The zero-order chi connectivity index (χ0) is 17.1. The van der Waals surface area contributed by atoms with Crippen LogP contribution in [0.5, 0.6) is 0 Å². The molecule has 0 atom stereocenters. The lowest BCUT2D eigenvalue weighted by Gasteiger charge is -2.33. The van der Waals surface area contributed by atoms with Crippen molar-refractivity contribution in [2.45, 2.75) is 70.8 Å². The molecule has 0 bridgehead atoms. The second-order valence-corrected chi connectivity index (χ2v) is 8.26. The van der Waals surface area contributed by atoms with Gasteiger partial charge in [-0.2, -0.15) is 0 Å². The van der Waals surface area contributed by atoms with Crippen LogP contribution in [-0.2, 0) is 19.4 Å². The fourth-order valence-corrected chi connectivity index (χ4v) is 5.05. The van der Waals surface area contributed by atoms with E-state index < -0.39 is 0 Å². The number of aliphatic imine (C=N–C) groups is 1. The number of nitrogens with zero attached hydrogens (tertiary/aromatic N) is 4. The molecular weight excluding hydrogens is 310 g/mol. The van der Waals surface area contributed by atoms with Gasteiger partial charge in [-0.1, -0.05) is 19.3 Å². The molecule has 1 aromatic heterocycles. The minimum atomic E-state index is 0.582. The van der Waals surface area contributed by atoms with Crippen molar-refractivity contribution in [3.05, 3.63) is 17.7 Å². The van der Waals surface area contributed by atoms with Crippen LogP contribution >= 0.6 is 0 Å². The van der Waals surface area contributed by atoms with Crippen LogP contribution in [0.4, 0.5) is 0 Å². The summed E-state index contributed by atoms with van der Waals surface area (Å²) in [7, 11) is 1.92. The maximum atomic E-state index is 4.81. The highest BCUT2D eigenvalue weighted by Gasteiger charge is 2.39. The lowest BCUT2D eigenvalue weighted by molar-refractivity contribution is 0.203. The Kier molecular flexibility index (Phi) is 5.00. The summed E-state index contributed by atoms with van der Waals surface area (Å²) in [4.78, 5) is 11.8. The Labute approximate surface area is 151 Å². The van der Waals surface area contributed by atoms with Gasteiger partial charge in [0.1, 0.15) is 5.82 Å². The molecular formula is C20H33N5. The van der Waals surface area contributed by atoms with Crippen LogP contribution in [0.3, 0.4) is 0 Å². The van der Waals surface area contributed by atoms with E-state index in [0.29, 0.717) is 5.41 Å². The number of nitrogens with one attached hydrogen (secondary N) is 1. The van der Waals surface area contributed by atoms with E-state index in [1.165, 1.54) is 76.0 Å². The van der Waals surface area contributed by atoms with Crippen molar-refractivity contribution in [1.82, 2.24) is 19.8 Å². The van der Waals surface area contributed by atoms with Crippen LogP contribution < -0.4 is 5.32 Å². The summed E-state index contributed by atoms with van der Waals surface area (Å²) in [6, 6.07) is 0. The van der Waals surface area contributed by atoms with E-state index in [9.17, 15) is 0 Å². The first kappa shape index (κ1) is 16.9. The SMILES string of the molecule is CN=C(NCCc1cn2c(n1)CCCC2)N1CCC2(CCCCC2)C1. The zero-order valence-electron chi connectivity index (χ0n) is 15.8. The molecule has 1 N–H and O–H groups in total. The van der Waals surface area contributed by atoms with E-state index >= 15 is 0 Å². The molecule has 138 valence electrons. The first-order chi connectivity index (χ1) is 12.3. The number of fused-ring (bicyclic) bond motifs is 1. The smallest absolute Gasteiger partial charge is 0.193 e. The average molecular weight is 344 g/mol. The number of aryl methyl sites for hydroxylation is 2. The molecule has 2 aliphatic heterocycles. The van der Waals surface area contributed by atoms with E-state index in [2.05, 4.69) is 26.0 Å². The van der Waals surface area contributed by atoms with Crippen molar-refractivity contribution in [2.75, 3.05) is 26.7 Å². The quantitative estimate of drug-likeness (QED) is 0.678. The maximum Gasteiger partial charge on any atom is 0.193 e. The van der Waals surface area contributed by atoms with E-state index in [4.69, 9.17) is 4.98 Å². The monoisotopic (exact) mass is 343 g/mol. The topological polar surface area (TPSA) is 45.5 Å². The normalized spacial score (nSPS) is 23.1. The maximum absolute atomic E-state index is 4.81. The summed E-state index contributed by atoms with van der Waals surface area (Å²) in [6.07, 6.45) is 15.4. The Bertz CT molecular complexity index is 588. The third-order valence-corrected chi connectivity index (χ3v) is 6.49. The summed E-state index contributed by atoms with van der Waals surface area (Å²) in [5, 5.41) is 3.59. The van der Waals surface area contributed by atoms with E-state index in [1.54, 1.807) is 0 Å². The molecule has 1 aliphatic carbocycles. The molecule has 0 aromatic carbocycles. The summed E-state index contributed by atoms with van der Waals surface area (Å²) in [6.45, 7) is 4.43. The van der Waals surface area contributed by atoms with Crippen LogP contribution in [0.15, 0.2) is 11.2 Å². The second-order valence-electron chi connectivity index (χ2n) is 8.26. The predicted octanol–water partition coefficient (Wildman–Crippen LogP) is 2.99. The largest absolute Gasteiger partial charge is 0.356 e. The molecule has 0 unspecified atom stereocenters. The highest BCUT2D eigenvalue weighted by molar-refractivity contribution is 5.80. The van der Waals surface area contributed by atoms with Gasteiger partial charge in [0, 0.05) is 52.3 Å². The molecule has 1 saturated carbocycles. The number of aromatic nitrogens is 2.